The molecule has 0 spiro atoms. The van der Waals surface area contributed by atoms with Crippen LogP contribution < -0.4 is 0 Å². The van der Waals surface area contributed by atoms with Gasteiger partial charge in [-0.1, -0.05) is 0 Å². The van der Waals surface area contributed by atoms with Crippen molar-refractivity contribution < 1.29 is 10.2 Å². The summed E-state index contributed by atoms with van der Waals surface area (Å²) in [6.45, 7) is 3.95. The summed E-state index contributed by atoms with van der Waals surface area (Å²) in [7, 11) is 1.62. The van der Waals surface area contributed by atoms with Crippen LogP contribution in [0.15, 0.2) is 0 Å². The molecule has 0 aromatic rings. The summed E-state index contributed by atoms with van der Waals surface area (Å²) in [5, 5.41) is 0. The van der Waals surface area contributed by atoms with Crippen LogP contribution in [0, 0.1) is 6.92 Å². The lowest BCUT2D eigenvalue weighted by atomic mass is 10.9. The van der Waals surface area contributed by atoms with Crippen LogP contribution in [0.2, 0.25) is 0 Å². The van der Waals surface area contributed by atoms with Gasteiger partial charge in [-0.25, -0.2) is 0 Å². The summed E-state index contributed by atoms with van der Waals surface area (Å²) in [4.78, 5) is 0. The molecule has 0 rings (SSSR count). The summed E-state index contributed by atoms with van der Waals surface area (Å²) >= 11 is 0. The summed E-state index contributed by atoms with van der Waals surface area (Å²) in [5.41, 5.74) is 0. The lowest BCUT2D eigenvalue weighted by Crippen LogP contribution is -1.74. The minimum absolute atomic E-state index is 0. The van der Waals surface area contributed by atoms with Gasteiger partial charge >= 0.3 is 0 Å². The summed E-state index contributed by atoms with van der Waals surface area (Å²) in [6, 6.07) is 0. The Bertz CT molecular complexity index is 6.85. The van der Waals surface area contributed by atoms with Gasteiger partial charge in [0, 0.05) is 13.7 Å². The van der Waals surface area contributed by atoms with Crippen LogP contribution >= 0.6 is 0 Å². The van der Waals surface area contributed by atoms with Crippen LogP contribution in [-0.2, 0) is 4.74 Å². The fourth-order valence-corrected chi connectivity index (χ4v) is 0. The first kappa shape index (κ1) is 8.87. The second kappa shape index (κ2) is 9.07. The van der Waals surface area contributed by atoms with E-state index in [2.05, 4.69) is 11.7 Å². The van der Waals surface area contributed by atoms with E-state index < -0.39 is 0 Å². The second-order valence-electron chi connectivity index (χ2n) is 0.493. The van der Waals surface area contributed by atoms with E-state index in [0.29, 0.717) is 6.61 Å². The van der Waals surface area contributed by atoms with Crippen molar-refractivity contribution in [3.8, 4) is 0 Å². The zero-order valence-electron chi connectivity index (χ0n) is 3.27. The van der Waals surface area contributed by atoms with E-state index in [9.17, 15) is 0 Å². The molecule has 0 aromatic carbocycles. The van der Waals surface area contributed by atoms with Gasteiger partial charge < -0.3 is 4.74 Å². The molecule has 0 fully saturated rings. The Labute approximate surface area is 32.1 Å². The van der Waals surface area contributed by atoms with E-state index in [1.807, 2.05) is 0 Å². The zero-order chi connectivity index (χ0) is 3.41. The van der Waals surface area contributed by atoms with E-state index in [4.69, 9.17) is 0 Å². The average Bonchev–Trinajstić information content (AvgIpc) is 1.37. The molecule has 2 radical (unpaired) electrons. The maximum atomic E-state index is 4.43. The molecule has 2 nitrogen and oxygen atoms in total. The Morgan fingerprint density at radius 1 is 1.80 bits per heavy atom. The van der Waals surface area contributed by atoms with Crippen molar-refractivity contribution in [1.29, 1.82) is 0 Å². The highest BCUT2D eigenvalue weighted by Gasteiger charge is 1.51. The first-order valence-corrected chi connectivity index (χ1v) is 1.20. The van der Waals surface area contributed by atoms with Gasteiger partial charge in [0.05, 0.1) is 0 Å². The number of hydrogen-bond donors (Lipinski definition) is 1. The average molecular weight is 76.1 g/mol. The molecular weight excluding hydrogens is 68.0 g/mol. The van der Waals surface area contributed by atoms with Crippen molar-refractivity contribution in [3.63, 3.8) is 0 Å². The monoisotopic (exact) mass is 76.1 g/mol. The molecule has 0 amide bonds. The van der Waals surface area contributed by atoms with Crippen LogP contribution in [0.25, 0.3) is 0 Å². The second-order valence-corrected chi connectivity index (χ2v) is 0.493. The lowest BCUT2D eigenvalue weighted by Gasteiger charge is -1.76. The molecule has 0 aromatic heterocycles. The predicted octanol–water partition coefficient (Wildman–Crippen LogP) is 0.290. The number of rotatable bonds is 1. The maximum absolute atomic E-state index is 4.43. The molecule has 32 valence electrons. The molecule has 0 saturated carbocycles. The third-order valence-corrected chi connectivity index (χ3v) is 0.204. The molecule has 0 saturated heterocycles. The van der Waals surface area contributed by atoms with Gasteiger partial charge in [0.25, 0.3) is 0 Å². The van der Waals surface area contributed by atoms with Crippen LogP contribution in [0.4, 0.5) is 0 Å². The van der Waals surface area contributed by atoms with Crippen LogP contribution in [-0.4, -0.2) is 19.2 Å². The Hall–Kier alpha value is -0.0800. The summed E-state index contributed by atoms with van der Waals surface area (Å²) < 4.78 is 4.43. The fraction of sp³-hybridized carbons (Fsp3) is 0.667. The van der Waals surface area contributed by atoms with Crippen molar-refractivity contribution in [2.75, 3.05) is 13.7 Å². The predicted molar refractivity (Wildman–Crippen MR) is 19.2 cm³/mol. The van der Waals surface area contributed by atoms with E-state index in [1.54, 1.807) is 7.11 Å². The summed E-state index contributed by atoms with van der Waals surface area (Å²) in [5.74, 6) is 0. The third-order valence-electron chi connectivity index (χ3n) is 0.204. The van der Waals surface area contributed by atoms with Gasteiger partial charge in [-0.05, 0) is 6.92 Å². The maximum Gasteiger partial charge on any atom is 0.0463 e. The zero-order valence-corrected chi connectivity index (χ0v) is 3.27. The van der Waals surface area contributed by atoms with Crippen molar-refractivity contribution >= 4 is 0 Å². The minimum Gasteiger partial charge on any atom is -0.385 e. The lowest BCUT2D eigenvalue weighted by molar-refractivity contribution is 0.232. The van der Waals surface area contributed by atoms with Gasteiger partial charge in [-0.15, -0.1) is 0 Å². The van der Waals surface area contributed by atoms with Crippen LogP contribution in [0.1, 0.15) is 0 Å². The highest BCUT2D eigenvalue weighted by atomic mass is 16.5. The van der Waals surface area contributed by atoms with Crippen molar-refractivity contribution in [1.82, 2.24) is 0 Å². The minimum atomic E-state index is 0. The Morgan fingerprint density at radius 2 is 2.00 bits per heavy atom. The highest BCUT2D eigenvalue weighted by Crippen LogP contribution is 1.51. The highest BCUT2D eigenvalue weighted by molar-refractivity contribution is 4.21. The van der Waals surface area contributed by atoms with Crippen LogP contribution in [0.3, 0.4) is 0 Å². The number of methoxy groups -OCH3 is 1. The van der Waals surface area contributed by atoms with Gasteiger partial charge in [0.1, 0.15) is 0 Å². The van der Waals surface area contributed by atoms with E-state index in [-0.39, 0.29) is 5.48 Å². The fourth-order valence-electron chi connectivity index (χ4n) is 0. The topological polar surface area (TPSA) is 39.2 Å². The molecule has 0 unspecified atom stereocenters. The van der Waals surface area contributed by atoms with Gasteiger partial charge in [-0.2, -0.15) is 0 Å². The van der Waals surface area contributed by atoms with Crippen molar-refractivity contribution in [2.45, 2.75) is 0 Å². The molecule has 0 aliphatic heterocycles. The first-order chi connectivity index (χ1) is 1.91. The quantitative estimate of drug-likeness (QED) is 0.479. The standard InChI is InChI=1S/C3H7O.HO/c1-3-4-2;/h1,3H2,2H3;1H. The Balaban J connectivity index is 0. The van der Waals surface area contributed by atoms with E-state index in [0.717, 1.165) is 0 Å². The van der Waals surface area contributed by atoms with Gasteiger partial charge in [-0.3, -0.25) is 5.48 Å². The third kappa shape index (κ3) is 17.1. The van der Waals surface area contributed by atoms with Gasteiger partial charge in [0.2, 0.25) is 0 Å². The molecule has 5 heavy (non-hydrogen) atoms. The molecule has 0 aliphatic carbocycles. The summed E-state index contributed by atoms with van der Waals surface area (Å²) in [6.07, 6.45) is 0. The normalized spacial score (nSPS) is 6.00. The largest absolute Gasteiger partial charge is 0.385 e. The smallest absolute Gasteiger partial charge is 0.0463 e. The Kier molecular flexibility index (Phi) is 16.1. The molecule has 0 bridgehead atoms. The van der Waals surface area contributed by atoms with Crippen LogP contribution in [0.5, 0.6) is 0 Å². The Morgan fingerprint density at radius 3 is 2.00 bits per heavy atom. The number of hydrogen-bond acceptors (Lipinski definition) is 1. The molecule has 0 aliphatic rings. The molecular formula is C3H8O2. The first-order valence-electron chi connectivity index (χ1n) is 1.20. The molecule has 0 atom stereocenters. The van der Waals surface area contributed by atoms with Crippen molar-refractivity contribution in [3.05, 3.63) is 6.92 Å². The molecule has 2 heteroatoms. The molecule has 1 N–H and O–H groups in total. The molecule has 0 heterocycles. The SMILES string of the molecule is [CH2]COC.[OH]. The number of ether oxygens (including phenoxy) is 1. The van der Waals surface area contributed by atoms with Crippen molar-refractivity contribution in [2.24, 2.45) is 0 Å². The van der Waals surface area contributed by atoms with E-state index >= 15 is 0 Å². The van der Waals surface area contributed by atoms with E-state index in [1.165, 1.54) is 0 Å². The van der Waals surface area contributed by atoms with Gasteiger partial charge in [0.15, 0.2) is 0 Å².